The molecule has 0 aromatic heterocycles. The van der Waals surface area contributed by atoms with Gasteiger partial charge in [-0.15, -0.1) is 0 Å². The number of aliphatic hydroxyl groups excluding tert-OH is 12. The number of aliphatic hydroxyl groups is 12. The fourth-order valence-corrected chi connectivity index (χ4v) is 9.91. The minimum absolute atomic E-state index is 0.0189. The lowest BCUT2D eigenvalue weighted by molar-refractivity contribution is -0.353. The SMILES string of the molecule is COc1cc(/C=C/C(=O)O[C@H]2[C@H](O[C@@H]3[C@H](OC4=Cc5c(cc(O)cc5O[C@@H]5O[C@H](CO)[C@@H](O)[C@@H](O)[C@@H]5O)OC4c4ccc(O)c(O)c4)O[C@H](COC(=O)/C=C/c4ccc(O[C@@H]5O[C@H](CO)[C@@H](O)[C@H](O)[C@@H]5O)cc4)[C@@H](O)[C@@H]3O)OC[C@@H](O)[C@@H]2O)cc(OC)c1O. The Morgan fingerprint density at radius 2 is 1.16 bits per heavy atom. The Morgan fingerprint density at radius 3 is 1.78 bits per heavy atom. The standard InChI is InChI=1S/C58H66O31/c1-77-34-13-24(14-35(78-2)43(34)68)6-12-41(66)88-53-42(67)31(64)21-80-57(53)89-54-49(74)46(71)39(22-79-40(65)11-5-23-3-8-27(9-4-23)81-55-50(75)47(72)44(69)37(19-59)85-55)87-58(54)84-36-18-28-32(82-52(36)25-7-10-29(62)30(63)15-25)16-26(61)17-33(28)83-56-51(76)48(73)45(70)38(20-60)86-56/h3-18,31,37-39,42,44-64,67-76H,19-22H2,1-2H3/b11-5+,12-6+/t31-,37-,38-,39-,42+,44-,45-,46-,47+,48-,49+,50+,51+,52?,53-,54+,55-,56-,57+,58-/m1/s1. The largest absolute Gasteiger partial charge is 0.508 e. The van der Waals surface area contributed by atoms with Crippen molar-refractivity contribution in [2.75, 3.05) is 40.6 Å². The van der Waals surface area contributed by atoms with Gasteiger partial charge in [-0.1, -0.05) is 18.2 Å². The quantitative estimate of drug-likeness (QED) is 0.0241. The molecular formula is C58H66O31. The Kier molecular flexibility index (Phi) is 21.0. The Morgan fingerprint density at radius 1 is 0.562 bits per heavy atom. The van der Waals surface area contributed by atoms with Crippen molar-refractivity contribution < 1.29 is 153 Å². The van der Waals surface area contributed by atoms with Crippen LogP contribution in [0.4, 0.5) is 0 Å². The number of carbonyl (C=O) groups is 2. The van der Waals surface area contributed by atoms with Crippen LogP contribution in [0.15, 0.2) is 84.6 Å². The molecule has 4 saturated heterocycles. The molecule has 0 aliphatic carbocycles. The maximum Gasteiger partial charge on any atom is 0.331 e. The summed E-state index contributed by atoms with van der Waals surface area (Å²) in [6, 6.07) is 14.1. The number of phenolic OH excluding ortho intramolecular Hbond substituents is 4. The van der Waals surface area contributed by atoms with E-state index in [4.69, 9.17) is 61.6 Å². The van der Waals surface area contributed by atoms with Gasteiger partial charge in [0, 0.05) is 29.8 Å². The van der Waals surface area contributed by atoms with Gasteiger partial charge in [0.25, 0.3) is 0 Å². The molecule has 20 atom stereocenters. The zero-order chi connectivity index (χ0) is 64.1. The topological polar surface area (TPSA) is 478 Å². The number of hydrogen-bond acceptors (Lipinski definition) is 31. The third-order valence-corrected chi connectivity index (χ3v) is 14.8. The molecule has 9 rings (SSSR count). The normalized spacial score (nSPS) is 32.9. The van der Waals surface area contributed by atoms with Crippen LogP contribution in [0.5, 0.6) is 51.7 Å². The van der Waals surface area contributed by atoms with Gasteiger partial charge < -0.3 is 143 Å². The van der Waals surface area contributed by atoms with Crippen LogP contribution in [-0.2, 0) is 47.5 Å². The molecular weight excluding hydrogens is 1190 g/mol. The minimum Gasteiger partial charge on any atom is -0.508 e. The number of aromatic hydroxyl groups is 4. The van der Waals surface area contributed by atoms with Gasteiger partial charge in [-0.2, -0.15) is 0 Å². The summed E-state index contributed by atoms with van der Waals surface area (Å²) < 4.78 is 74.9. The molecule has 1 unspecified atom stereocenters. The van der Waals surface area contributed by atoms with Crippen LogP contribution in [0.3, 0.4) is 0 Å². The zero-order valence-electron chi connectivity index (χ0n) is 46.9. The van der Waals surface area contributed by atoms with E-state index in [2.05, 4.69) is 0 Å². The van der Waals surface area contributed by atoms with Crippen molar-refractivity contribution in [1.29, 1.82) is 0 Å². The molecule has 89 heavy (non-hydrogen) atoms. The first-order valence-electron chi connectivity index (χ1n) is 27.3. The summed E-state index contributed by atoms with van der Waals surface area (Å²) in [4.78, 5) is 26.8. The van der Waals surface area contributed by atoms with E-state index in [0.717, 1.165) is 36.4 Å². The molecule has 0 amide bonds. The van der Waals surface area contributed by atoms with Crippen LogP contribution < -0.4 is 23.7 Å². The van der Waals surface area contributed by atoms with Crippen molar-refractivity contribution in [3.05, 3.63) is 107 Å². The first-order valence-corrected chi connectivity index (χ1v) is 27.3. The Labute approximate surface area is 503 Å². The van der Waals surface area contributed by atoms with Crippen LogP contribution in [0, 0.1) is 0 Å². The van der Waals surface area contributed by atoms with E-state index < -0.39 is 178 Å². The molecule has 0 bridgehead atoms. The number of benzene rings is 4. The Balaban J connectivity index is 1.01. The van der Waals surface area contributed by atoms with Gasteiger partial charge in [-0.05, 0) is 65.8 Å². The fourth-order valence-electron chi connectivity index (χ4n) is 9.91. The van der Waals surface area contributed by atoms with Crippen molar-refractivity contribution in [2.45, 2.75) is 123 Å². The van der Waals surface area contributed by atoms with Crippen molar-refractivity contribution in [1.82, 2.24) is 0 Å². The maximum absolute atomic E-state index is 13.5. The lowest BCUT2D eigenvalue weighted by Gasteiger charge is -2.45. The molecule has 16 N–H and O–H groups in total. The van der Waals surface area contributed by atoms with E-state index in [1.54, 1.807) is 0 Å². The van der Waals surface area contributed by atoms with E-state index in [1.165, 1.54) is 74.9 Å². The molecule has 31 heteroatoms. The van der Waals surface area contributed by atoms with Crippen LogP contribution in [-0.4, -0.2) is 251 Å². The van der Waals surface area contributed by atoms with Crippen molar-refractivity contribution in [3.8, 4) is 51.7 Å². The number of esters is 2. The Bertz CT molecular complexity index is 3160. The third kappa shape index (κ3) is 14.7. The zero-order valence-corrected chi connectivity index (χ0v) is 46.9. The third-order valence-electron chi connectivity index (χ3n) is 14.8. The summed E-state index contributed by atoms with van der Waals surface area (Å²) in [5.74, 6) is -5.09. The first-order chi connectivity index (χ1) is 42.5. The number of phenols is 4. The molecule has 0 saturated carbocycles. The number of rotatable bonds is 20. The Hall–Kier alpha value is -7.64. The van der Waals surface area contributed by atoms with Crippen LogP contribution in [0.1, 0.15) is 28.4 Å². The highest BCUT2D eigenvalue weighted by atomic mass is 16.8. The van der Waals surface area contributed by atoms with Gasteiger partial charge in [0.15, 0.2) is 47.6 Å². The number of hydrogen-bond donors (Lipinski definition) is 16. The summed E-state index contributed by atoms with van der Waals surface area (Å²) in [6.45, 7) is -3.02. The molecule has 4 aromatic rings. The van der Waals surface area contributed by atoms with Crippen molar-refractivity contribution in [3.63, 3.8) is 0 Å². The predicted octanol–water partition coefficient (Wildman–Crippen LogP) is -2.83. The van der Waals surface area contributed by atoms with Crippen LogP contribution in [0.25, 0.3) is 18.2 Å². The lowest BCUT2D eigenvalue weighted by Crippen LogP contribution is -2.63. The van der Waals surface area contributed by atoms with E-state index in [0.29, 0.717) is 5.56 Å². The highest BCUT2D eigenvalue weighted by molar-refractivity contribution is 5.88. The van der Waals surface area contributed by atoms with E-state index >= 15 is 0 Å². The summed E-state index contributed by atoms with van der Waals surface area (Å²) >= 11 is 0. The van der Waals surface area contributed by atoms with Gasteiger partial charge in [-0.25, -0.2) is 9.59 Å². The number of carbonyl (C=O) groups excluding carboxylic acids is 2. The van der Waals surface area contributed by atoms with Gasteiger partial charge in [0.05, 0.1) is 39.6 Å². The van der Waals surface area contributed by atoms with E-state index in [1.807, 2.05) is 0 Å². The minimum atomic E-state index is -2.17. The second-order valence-electron chi connectivity index (χ2n) is 20.8. The maximum atomic E-state index is 13.5. The van der Waals surface area contributed by atoms with Gasteiger partial charge in [-0.3, -0.25) is 0 Å². The number of methoxy groups -OCH3 is 2. The predicted molar refractivity (Wildman–Crippen MR) is 293 cm³/mol. The molecule has 4 aromatic carbocycles. The van der Waals surface area contributed by atoms with E-state index in [9.17, 15) is 91.3 Å². The average molecular weight is 1260 g/mol. The highest BCUT2D eigenvalue weighted by Gasteiger charge is 2.53. The van der Waals surface area contributed by atoms with Crippen LogP contribution in [0.2, 0.25) is 0 Å². The average Bonchev–Trinajstić information content (AvgIpc) is 1.16. The number of fused-ring (bicyclic) bond motifs is 1. The summed E-state index contributed by atoms with van der Waals surface area (Å²) in [5.41, 5.74) is 0.558. The van der Waals surface area contributed by atoms with Crippen LogP contribution >= 0.6 is 0 Å². The molecule has 4 fully saturated rings. The van der Waals surface area contributed by atoms with Crippen molar-refractivity contribution >= 4 is 30.2 Å². The summed E-state index contributed by atoms with van der Waals surface area (Å²) in [7, 11) is 2.56. The number of ether oxygens (including phenoxy) is 13. The second kappa shape index (κ2) is 28.5. The van der Waals surface area contributed by atoms with Gasteiger partial charge in [0.2, 0.25) is 24.6 Å². The summed E-state index contributed by atoms with van der Waals surface area (Å²) in [6.07, 6.45) is -30.1. The molecule has 0 spiro atoms. The molecule has 5 aliphatic heterocycles. The highest BCUT2D eigenvalue weighted by Crippen LogP contribution is 2.47. The monoisotopic (exact) mass is 1260 g/mol. The molecule has 0 radical (unpaired) electrons. The van der Waals surface area contributed by atoms with E-state index in [-0.39, 0.29) is 56.9 Å². The molecule has 31 nitrogen and oxygen atoms in total. The molecule has 5 heterocycles. The summed E-state index contributed by atoms with van der Waals surface area (Å²) in [5, 5.41) is 170. The van der Waals surface area contributed by atoms with Gasteiger partial charge >= 0.3 is 11.9 Å². The van der Waals surface area contributed by atoms with Crippen molar-refractivity contribution in [2.24, 2.45) is 0 Å². The second-order valence-corrected chi connectivity index (χ2v) is 20.8. The molecule has 5 aliphatic rings. The fraction of sp³-hybridized carbons (Fsp3) is 0.448. The van der Waals surface area contributed by atoms with Gasteiger partial charge in [0.1, 0.15) is 115 Å². The smallest absolute Gasteiger partial charge is 0.331 e. The lowest BCUT2D eigenvalue weighted by atomic mass is 9.97. The first kappa shape index (κ1) is 65.8. The molecule has 484 valence electrons.